The van der Waals surface area contributed by atoms with Crippen molar-refractivity contribution in [3.63, 3.8) is 0 Å². The maximum absolute atomic E-state index is 2.66. The standard InChI is InChI=1S/C9H18N2.2C2H6/c1-8-5-9-7-10(2)3-4-11(9)6-8;2*1-2/h8-9H,3-7H2,1-2H3;2*1-2H3. The fourth-order valence-corrected chi connectivity index (χ4v) is 2.45. The number of nitrogens with zero attached hydrogens (tertiary/aromatic N) is 2. The number of fused-ring (bicyclic) bond motifs is 1. The van der Waals surface area contributed by atoms with E-state index in [2.05, 4.69) is 23.8 Å². The molecule has 2 heteroatoms. The number of likely N-dealkylation sites (N-methyl/N-ethyl adjacent to an activating group) is 1. The van der Waals surface area contributed by atoms with Crippen LogP contribution in [0.15, 0.2) is 0 Å². The van der Waals surface area contributed by atoms with Gasteiger partial charge in [-0.1, -0.05) is 34.6 Å². The summed E-state index contributed by atoms with van der Waals surface area (Å²) in [6.45, 7) is 15.6. The summed E-state index contributed by atoms with van der Waals surface area (Å²) in [6, 6.07) is 0.878. The first-order valence-corrected chi connectivity index (χ1v) is 6.68. The van der Waals surface area contributed by atoms with Crippen LogP contribution in [0.5, 0.6) is 0 Å². The van der Waals surface area contributed by atoms with Gasteiger partial charge >= 0.3 is 0 Å². The summed E-state index contributed by atoms with van der Waals surface area (Å²) in [5.41, 5.74) is 0. The number of piperazine rings is 1. The minimum Gasteiger partial charge on any atom is -0.304 e. The normalized spacial score (nSPS) is 30.8. The van der Waals surface area contributed by atoms with Crippen molar-refractivity contribution in [1.82, 2.24) is 9.80 Å². The first kappa shape index (κ1) is 14.9. The second-order valence-electron chi connectivity index (χ2n) is 4.25. The molecule has 2 unspecified atom stereocenters. The van der Waals surface area contributed by atoms with Crippen LogP contribution in [0.3, 0.4) is 0 Å². The molecule has 0 aromatic heterocycles. The Morgan fingerprint density at radius 1 is 0.933 bits per heavy atom. The van der Waals surface area contributed by atoms with Crippen LogP contribution >= 0.6 is 0 Å². The lowest BCUT2D eigenvalue weighted by Gasteiger charge is -2.35. The molecule has 2 aliphatic heterocycles. The lowest BCUT2D eigenvalue weighted by atomic mass is 10.1. The van der Waals surface area contributed by atoms with Crippen LogP contribution in [-0.2, 0) is 0 Å². The van der Waals surface area contributed by atoms with E-state index in [0.717, 1.165) is 12.0 Å². The van der Waals surface area contributed by atoms with Gasteiger partial charge in [0.05, 0.1) is 0 Å². The maximum Gasteiger partial charge on any atom is 0.0226 e. The molecular weight excluding hydrogens is 184 g/mol. The Labute approximate surface area is 96.6 Å². The molecule has 2 heterocycles. The molecule has 0 saturated carbocycles. The molecule has 0 aliphatic carbocycles. The van der Waals surface area contributed by atoms with Crippen molar-refractivity contribution in [1.29, 1.82) is 0 Å². The summed E-state index contributed by atoms with van der Waals surface area (Å²) >= 11 is 0. The van der Waals surface area contributed by atoms with Crippen LogP contribution in [0.1, 0.15) is 41.0 Å². The highest BCUT2D eigenvalue weighted by Gasteiger charge is 2.32. The van der Waals surface area contributed by atoms with E-state index < -0.39 is 0 Å². The van der Waals surface area contributed by atoms with Crippen molar-refractivity contribution < 1.29 is 0 Å². The number of rotatable bonds is 0. The van der Waals surface area contributed by atoms with E-state index in [1.54, 1.807) is 0 Å². The van der Waals surface area contributed by atoms with E-state index in [1.165, 1.54) is 32.6 Å². The molecule has 2 fully saturated rings. The molecule has 15 heavy (non-hydrogen) atoms. The zero-order chi connectivity index (χ0) is 11.8. The zero-order valence-electron chi connectivity index (χ0n) is 11.6. The van der Waals surface area contributed by atoms with Gasteiger partial charge in [0.25, 0.3) is 0 Å². The summed E-state index contributed by atoms with van der Waals surface area (Å²) < 4.78 is 0. The Hall–Kier alpha value is -0.0800. The van der Waals surface area contributed by atoms with Gasteiger partial charge in [-0.05, 0) is 19.4 Å². The Morgan fingerprint density at radius 2 is 1.53 bits per heavy atom. The molecule has 0 spiro atoms. The van der Waals surface area contributed by atoms with Crippen LogP contribution in [0.2, 0.25) is 0 Å². The Morgan fingerprint density at radius 3 is 2.13 bits per heavy atom. The molecule has 2 rings (SSSR count). The third kappa shape index (κ3) is 4.52. The molecule has 2 atom stereocenters. The molecule has 2 saturated heterocycles. The summed E-state index contributed by atoms with van der Waals surface area (Å²) in [5.74, 6) is 0.937. The smallest absolute Gasteiger partial charge is 0.0226 e. The fraction of sp³-hybridized carbons (Fsp3) is 1.00. The molecule has 2 aliphatic rings. The lowest BCUT2D eigenvalue weighted by molar-refractivity contribution is 0.124. The molecule has 0 N–H and O–H groups in total. The quantitative estimate of drug-likeness (QED) is 0.612. The van der Waals surface area contributed by atoms with Gasteiger partial charge in [-0.3, -0.25) is 4.90 Å². The third-order valence-electron chi connectivity index (χ3n) is 3.03. The van der Waals surface area contributed by atoms with Crippen molar-refractivity contribution in [3.8, 4) is 0 Å². The van der Waals surface area contributed by atoms with E-state index in [9.17, 15) is 0 Å². The van der Waals surface area contributed by atoms with Crippen LogP contribution in [0.4, 0.5) is 0 Å². The van der Waals surface area contributed by atoms with Gasteiger partial charge in [-0.2, -0.15) is 0 Å². The molecule has 0 aromatic carbocycles. The number of hydrogen-bond acceptors (Lipinski definition) is 2. The van der Waals surface area contributed by atoms with Gasteiger partial charge in [-0.25, -0.2) is 0 Å². The van der Waals surface area contributed by atoms with Crippen LogP contribution in [0.25, 0.3) is 0 Å². The van der Waals surface area contributed by atoms with Crippen LogP contribution in [0, 0.1) is 5.92 Å². The van der Waals surface area contributed by atoms with Crippen molar-refractivity contribution in [3.05, 3.63) is 0 Å². The molecular formula is C13H30N2. The van der Waals surface area contributed by atoms with Gasteiger partial charge in [-0.15, -0.1) is 0 Å². The maximum atomic E-state index is 2.66. The van der Waals surface area contributed by atoms with Gasteiger partial charge in [0.15, 0.2) is 0 Å². The first-order chi connectivity index (χ1) is 7.25. The molecule has 2 nitrogen and oxygen atoms in total. The van der Waals surface area contributed by atoms with Crippen molar-refractivity contribution in [2.75, 3.05) is 33.2 Å². The SMILES string of the molecule is CC.CC.CC1CC2CN(C)CCN2C1. The van der Waals surface area contributed by atoms with E-state index in [0.29, 0.717) is 0 Å². The van der Waals surface area contributed by atoms with Gasteiger partial charge in [0.2, 0.25) is 0 Å². The minimum absolute atomic E-state index is 0.878. The highest BCUT2D eigenvalue weighted by molar-refractivity contribution is 4.88. The number of hydrogen-bond donors (Lipinski definition) is 0. The van der Waals surface area contributed by atoms with E-state index in [4.69, 9.17) is 0 Å². The highest BCUT2D eigenvalue weighted by atomic mass is 15.3. The Balaban J connectivity index is 0.000000442. The highest BCUT2D eigenvalue weighted by Crippen LogP contribution is 2.24. The largest absolute Gasteiger partial charge is 0.304 e. The third-order valence-corrected chi connectivity index (χ3v) is 3.03. The van der Waals surface area contributed by atoms with Crippen molar-refractivity contribution in [2.45, 2.75) is 47.1 Å². The average Bonchev–Trinajstić information content (AvgIpc) is 2.63. The molecule has 0 amide bonds. The van der Waals surface area contributed by atoms with Gasteiger partial charge in [0.1, 0.15) is 0 Å². The second kappa shape index (κ2) is 8.12. The van der Waals surface area contributed by atoms with Gasteiger partial charge in [0, 0.05) is 32.2 Å². The van der Waals surface area contributed by atoms with Crippen LogP contribution in [-0.4, -0.2) is 49.1 Å². The van der Waals surface area contributed by atoms with E-state index in [1.807, 2.05) is 27.7 Å². The van der Waals surface area contributed by atoms with E-state index >= 15 is 0 Å². The predicted octanol–water partition coefficient (Wildman–Crippen LogP) is 2.69. The summed E-state index contributed by atoms with van der Waals surface area (Å²) in [6.07, 6.45) is 1.42. The first-order valence-electron chi connectivity index (χ1n) is 6.68. The molecule has 92 valence electrons. The molecule has 0 aromatic rings. The van der Waals surface area contributed by atoms with Crippen molar-refractivity contribution >= 4 is 0 Å². The topological polar surface area (TPSA) is 6.48 Å². The molecule has 0 bridgehead atoms. The van der Waals surface area contributed by atoms with Crippen molar-refractivity contribution in [2.24, 2.45) is 5.92 Å². The minimum atomic E-state index is 0.878. The Kier molecular flexibility index (Phi) is 8.07. The van der Waals surface area contributed by atoms with E-state index in [-0.39, 0.29) is 0 Å². The summed E-state index contributed by atoms with van der Waals surface area (Å²) in [7, 11) is 2.24. The fourth-order valence-electron chi connectivity index (χ4n) is 2.45. The predicted molar refractivity (Wildman–Crippen MR) is 69.3 cm³/mol. The summed E-state index contributed by atoms with van der Waals surface area (Å²) in [4.78, 5) is 5.11. The average molecular weight is 214 g/mol. The summed E-state index contributed by atoms with van der Waals surface area (Å²) in [5, 5.41) is 0. The Bertz CT molecular complexity index is 147. The lowest BCUT2D eigenvalue weighted by Crippen LogP contribution is -2.48. The zero-order valence-corrected chi connectivity index (χ0v) is 11.6. The van der Waals surface area contributed by atoms with Crippen LogP contribution < -0.4 is 0 Å². The monoisotopic (exact) mass is 214 g/mol. The second-order valence-corrected chi connectivity index (χ2v) is 4.25. The molecule has 0 radical (unpaired) electrons. The van der Waals surface area contributed by atoms with Gasteiger partial charge < -0.3 is 4.90 Å².